The van der Waals surface area contributed by atoms with Crippen molar-refractivity contribution in [2.45, 2.75) is 37.3 Å². The van der Waals surface area contributed by atoms with Gasteiger partial charge in [0, 0.05) is 17.6 Å². The molecule has 0 aromatic heterocycles. The zero-order valence-electron chi connectivity index (χ0n) is 12.1. The fourth-order valence-electron chi connectivity index (χ4n) is 2.78. The number of hydrogen-bond donors (Lipinski definition) is 2. The fourth-order valence-corrected chi connectivity index (χ4v) is 2.91. The Hall–Kier alpha value is -0.810. The molecule has 0 saturated heterocycles. The zero-order chi connectivity index (χ0) is 14.8. The van der Waals surface area contributed by atoms with Gasteiger partial charge < -0.3 is 10.8 Å². The third-order valence-corrected chi connectivity index (χ3v) is 4.48. The minimum absolute atomic E-state index is 0. The zero-order valence-corrected chi connectivity index (χ0v) is 13.7. The van der Waals surface area contributed by atoms with E-state index in [4.69, 9.17) is 17.3 Å². The van der Waals surface area contributed by atoms with Gasteiger partial charge in [0.25, 0.3) is 0 Å². The third-order valence-electron chi connectivity index (χ3n) is 4.23. The second-order valence-corrected chi connectivity index (χ2v) is 6.10. The van der Waals surface area contributed by atoms with E-state index in [1.54, 1.807) is 0 Å². The number of rotatable bonds is 6. The summed E-state index contributed by atoms with van der Waals surface area (Å²) in [5.41, 5.74) is 6.57. The minimum Gasteiger partial charge on any atom is -0.480 e. The molecule has 1 atom stereocenters. The van der Waals surface area contributed by atoms with E-state index in [1.807, 2.05) is 36.2 Å². The summed E-state index contributed by atoms with van der Waals surface area (Å²) < 4.78 is 0. The first-order valence-electron chi connectivity index (χ1n) is 6.89. The lowest BCUT2D eigenvalue weighted by atomic mass is 9.75. The van der Waals surface area contributed by atoms with Crippen molar-refractivity contribution >= 4 is 30.0 Å². The van der Waals surface area contributed by atoms with Gasteiger partial charge in [-0.2, -0.15) is 0 Å². The first-order chi connectivity index (χ1) is 9.44. The molecule has 0 radical (unpaired) electrons. The standard InChI is InChI=1S/C15H21ClN2O2.ClH/c1-18(15(14(19)20)7-2-8-15)10-13(17)9-11-3-5-12(16)6-4-11;/h3-6,13H,2,7-10,17H2,1H3,(H,19,20);1H. The molecule has 4 nitrogen and oxygen atoms in total. The second kappa shape index (κ2) is 7.45. The second-order valence-electron chi connectivity index (χ2n) is 5.66. The van der Waals surface area contributed by atoms with Gasteiger partial charge in [-0.15, -0.1) is 12.4 Å². The van der Waals surface area contributed by atoms with Crippen LogP contribution in [0.5, 0.6) is 0 Å². The van der Waals surface area contributed by atoms with Crippen LogP contribution in [0, 0.1) is 0 Å². The predicted molar refractivity (Wildman–Crippen MR) is 87.2 cm³/mol. The molecule has 0 amide bonds. The molecule has 0 aliphatic heterocycles. The Kier molecular flexibility index (Phi) is 6.47. The number of hydrogen-bond acceptors (Lipinski definition) is 3. The number of likely N-dealkylation sites (N-methyl/N-ethyl adjacent to an activating group) is 1. The van der Waals surface area contributed by atoms with Crippen LogP contribution >= 0.6 is 24.0 Å². The van der Waals surface area contributed by atoms with Gasteiger partial charge in [-0.1, -0.05) is 23.7 Å². The molecular formula is C15H22Cl2N2O2. The van der Waals surface area contributed by atoms with Crippen molar-refractivity contribution in [1.29, 1.82) is 0 Å². The van der Waals surface area contributed by atoms with Crippen molar-refractivity contribution in [3.05, 3.63) is 34.9 Å². The van der Waals surface area contributed by atoms with E-state index in [-0.39, 0.29) is 18.4 Å². The summed E-state index contributed by atoms with van der Waals surface area (Å²) in [5.74, 6) is -0.732. The van der Waals surface area contributed by atoms with Crippen molar-refractivity contribution in [3.63, 3.8) is 0 Å². The summed E-state index contributed by atoms with van der Waals surface area (Å²) in [6.07, 6.45) is 3.12. The molecule has 0 heterocycles. The average Bonchev–Trinajstić information content (AvgIpc) is 2.29. The topological polar surface area (TPSA) is 66.6 Å². The van der Waals surface area contributed by atoms with Gasteiger partial charge in [-0.25, -0.2) is 0 Å². The third kappa shape index (κ3) is 4.10. The van der Waals surface area contributed by atoms with Crippen molar-refractivity contribution in [1.82, 2.24) is 4.90 Å². The number of carboxylic acids is 1. The van der Waals surface area contributed by atoms with Crippen LogP contribution in [0.15, 0.2) is 24.3 Å². The summed E-state index contributed by atoms with van der Waals surface area (Å²) >= 11 is 5.85. The van der Waals surface area contributed by atoms with Crippen LogP contribution in [0.1, 0.15) is 24.8 Å². The highest BCUT2D eigenvalue weighted by molar-refractivity contribution is 6.30. The highest BCUT2D eigenvalue weighted by Crippen LogP contribution is 2.37. The fraction of sp³-hybridized carbons (Fsp3) is 0.533. The molecule has 1 fully saturated rings. The van der Waals surface area contributed by atoms with Gasteiger partial charge in [-0.05, 0) is 50.4 Å². The van der Waals surface area contributed by atoms with E-state index in [1.165, 1.54) is 0 Å². The molecule has 6 heteroatoms. The van der Waals surface area contributed by atoms with Gasteiger partial charge in [0.05, 0.1) is 0 Å². The molecule has 0 bridgehead atoms. The largest absolute Gasteiger partial charge is 0.480 e. The van der Waals surface area contributed by atoms with Crippen molar-refractivity contribution in [2.75, 3.05) is 13.6 Å². The Bertz CT molecular complexity index is 475. The molecule has 1 unspecified atom stereocenters. The van der Waals surface area contributed by atoms with E-state index < -0.39 is 11.5 Å². The molecule has 1 aromatic carbocycles. The highest BCUT2D eigenvalue weighted by Gasteiger charge is 2.47. The predicted octanol–water partition coefficient (Wildman–Crippen LogP) is 2.57. The monoisotopic (exact) mass is 332 g/mol. The molecule has 3 N–H and O–H groups in total. The van der Waals surface area contributed by atoms with Gasteiger partial charge in [0.2, 0.25) is 0 Å². The summed E-state index contributed by atoms with van der Waals surface area (Å²) in [7, 11) is 1.86. The van der Waals surface area contributed by atoms with Gasteiger partial charge in [-0.3, -0.25) is 9.69 Å². The molecule has 0 spiro atoms. The maximum absolute atomic E-state index is 11.4. The van der Waals surface area contributed by atoms with E-state index in [0.29, 0.717) is 24.4 Å². The molecule has 1 saturated carbocycles. The molecule has 1 aliphatic rings. The number of benzene rings is 1. The number of nitrogens with zero attached hydrogens (tertiary/aromatic N) is 1. The molecule has 21 heavy (non-hydrogen) atoms. The van der Waals surface area contributed by atoms with Crippen molar-refractivity contribution in [3.8, 4) is 0 Å². The van der Waals surface area contributed by atoms with Crippen LogP contribution in [0.3, 0.4) is 0 Å². The summed E-state index contributed by atoms with van der Waals surface area (Å²) in [6, 6.07) is 7.52. The number of carbonyl (C=O) groups is 1. The van der Waals surface area contributed by atoms with Gasteiger partial charge >= 0.3 is 5.97 Å². The first-order valence-corrected chi connectivity index (χ1v) is 7.26. The molecule has 2 rings (SSSR count). The Labute approximate surface area is 136 Å². The summed E-state index contributed by atoms with van der Waals surface area (Å²) in [5, 5.41) is 10.1. The smallest absolute Gasteiger partial charge is 0.324 e. The van der Waals surface area contributed by atoms with Gasteiger partial charge in [0.15, 0.2) is 0 Å². The quantitative estimate of drug-likeness (QED) is 0.840. The minimum atomic E-state index is -0.732. The summed E-state index contributed by atoms with van der Waals surface area (Å²) in [4.78, 5) is 13.3. The van der Waals surface area contributed by atoms with Crippen LogP contribution in [-0.4, -0.2) is 41.1 Å². The molecule has 1 aliphatic carbocycles. The van der Waals surface area contributed by atoms with E-state index in [2.05, 4.69) is 0 Å². The number of aliphatic carboxylic acids is 1. The molecule has 118 valence electrons. The number of halogens is 2. The van der Waals surface area contributed by atoms with E-state index >= 15 is 0 Å². The van der Waals surface area contributed by atoms with Crippen LogP contribution < -0.4 is 5.73 Å². The Morgan fingerprint density at radius 2 is 2.00 bits per heavy atom. The number of nitrogens with two attached hydrogens (primary N) is 1. The first kappa shape index (κ1) is 18.2. The number of carboxylic acid groups (broad SMARTS) is 1. The summed E-state index contributed by atoms with van der Waals surface area (Å²) in [6.45, 7) is 0.578. The van der Waals surface area contributed by atoms with E-state index in [9.17, 15) is 9.90 Å². The highest BCUT2D eigenvalue weighted by atomic mass is 35.5. The van der Waals surface area contributed by atoms with Crippen LogP contribution in [0.2, 0.25) is 5.02 Å². The Morgan fingerprint density at radius 3 is 2.43 bits per heavy atom. The van der Waals surface area contributed by atoms with Crippen LogP contribution in [0.4, 0.5) is 0 Å². The lowest BCUT2D eigenvalue weighted by Gasteiger charge is -2.45. The maximum Gasteiger partial charge on any atom is 0.324 e. The SMILES string of the molecule is CN(CC(N)Cc1ccc(Cl)cc1)C1(C(=O)O)CCC1.Cl. The normalized spacial score (nSPS) is 17.7. The van der Waals surface area contributed by atoms with E-state index in [0.717, 1.165) is 18.4 Å². The lowest BCUT2D eigenvalue weighted by molar-refractivity contribution is -0.157. The molecule has 1 aromatic rings. The van der Waals surface area contributed by atoms with Crippen LogP contribution in [0.25, 0.3) is 0 Å². The van der Waals surface area contributed by atoms with Gasteiger partial charge in [0.1, 0.15) is 5.54 Å². The maximum atomic E-state index is 11.4. The average molecular weight is 333 g/mol. The Balaban J connectivity index is 0.00000220. The van der Waals surface area contributed by atoms with Crippen LogP contribution in [-0.2, 0) is 11.2 Å². The Morgan fingerprint density at radius 1 is 1.43 bits per heavy atom. The lowest BCUT2D eigenvalue weighted by Crippen LogP contribution is -2.60. The van der Waals surface area contributed by atoms with Crippen molar-refractivity contribution < 1.29 is 9.90 Å². The van der Waals surface area contributed by atoms with Crippen molar-refractivity contribution in [2.24, 2.45) is 5.73 Å². The molecular weight excluding hydrogens is 311 g/mol.